The molecule has 8 rings (SSSR count). The Balaban J connectivity index is 0.000000281. The summed E-state index contributed by atoms with van der Waals surface area (Å²) >= 11 is 0. The van der Waals surface area contributed by atoms with Crippen molar-refractivity contribution in [3.05, 3.63) is 143 Å². The molecule has 5 heteroatoms. The van der Waals surface area contributed by atoms with Gasteiger partial charge in [-0.05, 0) is 68.7 Å². The third-order valence-corrected chi connectivity index (χ3v) is 11.0. The molecule has 55 heavy (non-hydrogen) atoms. The molecule has 0 saturated heterocycles. The van der Waals surface area contributed by atoms with Gasteiger partial charge in [0.15, 0.2) is 0 Å². The van der Waals surface area contributed by atoms with Gasteiger partial charge in [0.05, 0.1) is 5.58 Å². The first-order chi connectivity index (χ1) is 27.4. The van der Waals surface area contributed by atoms with Crippen LogP contribution in [-0.2, 0) is 42.7 Å². The SMILES string of the molecule is CC(C)(C)c1ccc(-c2[c-]cc(F)cc2)nc1.[2H]C([2H])([2H])c1cnc(-c2[c-]ccc3c2oc2c4c(ccc23)-c2ccccc2C(C)(C)C4(C)C)cc1C([2H])([2H])C(C)(C)C.[Ir]. The van der Waals surface area contributed by atoms with Crippen LogP contribution < -0.4 is 0 Å². The average molecular weight is 912 g/mol. The molecule has 1 radical (unpaired) electrons. The average Bonchev–Trinajstić information content (AvgIpc) is 3.55. The van der Waals surface area contributed by atoms with E-state index >= 15 is 0 Å². The zero-order valence-electron chi connectivity index (χ0n) is 38.3. The monoisotopic (exact) mass is 912 g/mol. The number of aromatic nitrogens is 2. The van der Waals surface area contributed by atoms with E-state index < -0.39 is 18.6 Å². The minimum atomic E-state index is -2.51. The van der Waals surface area contributed by atoms with Crippen molar-refractivity contribution in [3.8, 4) is 33.6 Å². The van der Waals surface area contributed by atoms with Gasteiger partial charge < -0.3 is 14.4 Å². The van der Waals surface area contributed by atoms with Gasteiger partial charge in [0.1, 0.15) is 5.58 Å². The third kappa shape index (κ3) is 7.46. The maximum atomic E-state index is 12.8. The summed E-state index contributed by atoms with van der Waals surface area (Å²) in [6.45, 7) is 18.4. The van der Waals surface area contributed by atoms with Crippen molar-refractivity contribution in [2.45, 2.75) is 98.7 Å². The molecule has 0 saturated carbocycles. The predicted molar refractivity (Wildman–Crippen MR) is 222 cm³/mol. The van der Waals surface area contributed by atoms with E-state index in [9.17, 15) is 4.39 Å². The van der Waals surface area contributed by atoms with Crippen LogP contribution >= 0.6 is 0 Å². The van der Waals surface area contributed by atoms with E-state index in [1.54, 1.807) is 32.9 Å². The quantitative estimate of drug-likeness (QED) is 0.166. The van der Waals surface area contributed by atoms with Gasteiger partial charge in [-0.25, -0.2) is 0 Å². The van der Waals surface area contributed by atoms with E-state index in [4.69, 9.17) is 11.3 Å². The molecule has 285 valence electrons. The Kier molecular flexibility index (Phi) is 8.97. The maximum Gasteiger partial charge on any atom is 0.125 e. The van der Waals surface area contributed by atoms with Crippen LogP contribution in [-0.4, -0.2) is 9.97 Å². The summed E-state index contributed by atoms with van der Waals surface area (Å²) in [6, 6.07) is 32.9. The van der Waals surface area contributed by atoms with Crippen molar-refractivity contribution in [2.24, 2.45) is 5.41 Å². The van der Waals surface area contributed by atoms with E-state index in [2.05, 4.69) is 113 Å². The summed E-state index contributed by atoms with van der Waals surface area (Å²) in [6.07, 6.45) is 1.23. The van der Waals surface area contributed by atoms with Crippen LogP contribution in [0.25, 0.3) is 55.6 Å². The van der Waals surface area contributed by atoms with Crippen LogP contribution in [0.3, 0.4) is 0 Å². The van der Waals surface area contributed by atoms with Gasteiger partial charge in [0.2, 0.25) is 0 Å². The van der Waals surface area contributed by atoms with Crippen LogP contribution in [0.15, 0.2) is 102 Å². The Morgan fingerprint density at radius 3 is 2.16 bits per heavy atom. The molecule has 0 N–H and O–H groups in total. The van der Waals surface area contributed by atoms with E-state index in [0.29, 0.717) is 16.8 Å². The summed E-state index contributed by atoms with van der Waals surface area (Å²) in [5.41, 5.74) is 8.91. The summed E-state index contributed by atoms with van der Waals surface area (Å²) in [5.74, 6) is -0.278. The molecule has 0 atom stereocenters. The Morgan fingerprint density at radius 1 is 0.782 bits per heavy atom. The fourth-order valence-corrected chi connectivity index (χ4v) is 7.41. The minimum Gasteiger partial charge on any atom is -0.500 e. The smallest absolute Gasteiger partial charge is 0.125 e. The molecule has 0 fully saturated rings. The number of rotatable bonds is 3. The molecule has 3 aromatic heterocycles. The van der Waals surface area contributed by atoms with E-state index in [1.165, 1.54) is 35.0 Å². The summed E-state index contributed by atoms with van der Waals surface area (Å²) in [7, 11) is 0. The van der Waals surface area contributed by atoms with Gasteiger partial charge >= 0.3 is 0 Å². The van der Waals surface area contributed by atoms with Gasteiger partial charge in [0.25, 0.3) is 0 Å². The van der Waals surface area contributed by atoms with Crippen molar-refractivity contribution in [2.75, 3.05) is 0 Å². The molecule has 0 amide bonds. The summed E-state index contributed by atoms with van der Waals surface area (Å²) in [5, 5.41) is 1.91. The zero-order chi connectivity index (χ0) is 43.1. The number of furan rings is 1. The van der Waals surface area contributed by atoms with Crippen LogP contribution in [0.5, 0.6) is 0 Å². The normalized spacial score (nSPS) is 16.2. The molecule has 3 heterocycles. The number of benzene rings is 4. The van der Waals surface area contributed by atoms with Crippen LogP contribution in [0.2, 0.25) is 0 Å². The van der Waals surface area contributed by atoms with Crippen molar-refractivity contribution >= 4 is 21.9 Å². The molecule has 1 aliphatic carbocycles. The van der Waals surface area contributed by atoms with Crippen molar-refractivity contribution in [1.82, 2.24) is 9.97 Å². The molecule has 1 aliphatic rings. The summed E-state index contributed by atoms with van der Waals surface area (Å²) in [4.78, 5) is 8.93. The molecule has 0 aliphatic heterocycles. The Bertz CT molecular complexity index is 2700. The largest absolute Gasteiger partial charge is 0.500 e. The number of hydrogen-bond donors (Lipinski definition) is 0. The van der Waals surface area contributed by atoms with Gasteiger partial charge in [-0.3, -0.25) is 4.39 Å². The number of aryl methyl sites for hydroxylation is 1. The van der Waals surface area contributed by atoms with Gasteiger partial charge in [0, 0.05) is 61.5 Å². The Hall–Kier alpha value is -4.44. The number of halogens is 1. The standard InChI is InChI=1S/C35H36NO.C15H15FN.Ir/c1-21-20-36-29(18-22(21)19-33(2,3)4)27-14-11-13-25-26-17-16-24-23-12-9-10-15-28(23)34(5,6)35(7,8)30(24)32(26)37-31(25)27;1-15(2,3)12-6-9-14(17-10-12)11-4-7-13(16)8-5-11;/h9-13,15-18,20H,19H2,1-8H3;4,6-10H,1-3H3;/q2*-1;/i1D3,19D2;;. The molecular weight excluding hydrogens is 856 g/mol. The number of fused-ring (bicyclic) bond motifs is 7. The molecule has 4 aromatic carbocycles. The van der Waals surface area contributed by atoms with E-state index in [1.807, 2.05) is 24.4 Å². The topological polar surface area (TPSA) is 38.9 Å². The maximum absolute atomic E-state index is 12.8. The van der Waals surface area contributed by atoms with Crippen LogP contribution in [0.4, 0.5) is 4.39 Å². The predicted octanol–water partition coefficient (Wildman–Crippen LogP) is 13.6. The first-order valence-corrected chi connectivity index (χ1v) is 18.5. The third-order valence-electron chi connectivity index (χ3n) is 11.0. The zero-order valence-corrected chi connectivity index (χ0v) is 35.6. The number of nitrogens with zero attached hydrogens (tertiary/aromatic N) is 2. The second-order valence-corrected chi connectivity index (χ2v) is 17.5. The van der Waals surface area contributed by atoms with Gasteiger partial charge in [-0.15, -0.1) is 48.0 Å². The Labute approximate surface area is 347 Å². The molecule has 7 aromatic rings. The number of hydrogen-bond acceptors (Lipinski definition) is 3. The molecule has 0 spiro atoms. The first kappa shape index (κ1) is 33.9. The molecule has 0 bridgehead atoms. The number of pyridine rings is 2. The fraction of sp³-hybridized carbons (Fsp3) is 0.320. The van der Waals surface area contributed by atoms with Crippen LogP contribution in [0, 0.1) is 30.2 Å². The minimum absolute atomic E-state index is 0. The fourth-order valence-electron chi connectivity index (χ4n) is 7.41. The summed E-state index contributed by atoms with van der Waals surface area (Å²) < 4.78 is 61.7. The molecule has 3 nitrogen and oxygen atoms in total. The van der Waals surface area contributed by atoms with Crippen molar-refractivity contribution in [3.63, 3.8) is 0 Å². The van der Waals surface area contributed by atoms with Gasteiger partial charge in [-0.2, -0.15) is 0 Å². The molecular formula is C50H51FIrN2O-2. The van der Waals surface area contributed by atoms with Crippen molar-refractivity contribution in [1.29, 1.82) is 0 Å². The van der Waals surface area contributed by atoms with Crippen LogP contribution in [0.1, 0.15) is 104 Å². The molecule has 0 unspecified atom stereocenters. The first-order valence-electron chi connectivity index (χ1n) is 21.0. The van der Waals surface area contributed by atoms with Crippen molar-refractivity contribution < 1.29 is 35.8 Å². The second kappa shape index (κ2) is 14.6. The van der Waals surface area contributed by atoms with E-state index in [-0.39, 0.29) is 53.3 Å². The van der Waals surface area contributed by atoms with E-state index in [0.717, 1.165) is 38.7 Å². The van der Waals surface area contributed by atoms with Gasteiger partial charge in [-0.1, -0.05) is 140 Å². The Morgan fingerprint density at radius 2 is 1.51 bits per heavy atom. The second-order valence-electron chi connectivity index (χ2n) is 17.5.